The molecule has 1 aromatic rings. The molecule has 0 bridgehead atoms. The molecule has 2 fully saturated rings. The Hall–Kier alpha value is -2.10. The van der Waals surface area contributed by atoms with Crippen LogP contribution in [-0.2, 0) is 11.3 Å². The van der Waals surface area contributed by atoms with E-state index < -0.39 is 11.1 Å². The molecule has 6 nitrogen and oxygen atoms in total. The molecule has 1 amide bonds. The van der Waals surface area contributed by atoms with E-state index in [2.05, 4.69) is 40.1 Å². The fourth-order valence-corrected chi connectivity index (χ4v) is 4.16. The topological polar surface area (TPSA) is 59.8 Å². The number of carbonyl (C=O) groups is 1. The number of rotatable bonds is 3. The molecule has 0 N–H and O–H groups in total. The molecular formula is C22H32N4O2. The van der Waals surface area contributed by atoms with E-state index in [1.54, 1.807) is 4.90 Å². The van der Waals surface area contributed by atoms with Gasteiger partial charge in [-0.3, -0.25) is 9.80 Å². The zero-order valence-electron chi connectivity index (χ0n) is 17.4. The van der Waals surface area contributed by atoms with Crippen molar-refractivity contribution in [3.8, 4) is 6.07 Å². The average molecular weight is 385 g/mol. The van der Waals surface area contributed by atoms with Gasteiger partial charge in [-0.15, -0.1) is 0 Å². The first-order valence-electron chi connectivity index (χ1n) is 10.2. The summed E-state index contributed by atoms with van der Waals surface area (Å²) in [7, 11) is 0. The summed E-state index contributed by atoms with van der Waals surface area (Å²) in [5.74, 6) is 0. The number of ether oxygens (including phenoxy) is 1. The van der Waals surface area contributed by atoms with Crippen LogP contribution < -0.4 is 0 Å². The minimum atomic E-state index is -0.483. The Balaban J connectivity index is 1.60. The Morgan fingerprint density at radius 2 is 1.82 bits per heavy atom. The summed E-state index contributed by atoms with van der Waals surface area (Å²) in [5, 5.41) is 10.1. The highest BCUT2D eigenvalue weighted by Gasteiger charge is 2.42. The van der Waals surface area contributed by atoms with Crippen LogP contribution in [0.5, 0.6) is 0 Å². The number of likely N-dealkylation sites (tertiary alicyclic amines) is 1. The molecule has 2 aliphatic heterocycles. The first-order chi connectivity index (χ1) is 13.3. The van der Waals surface area contributed by atoms with Crippen molar-refractivity contribution in [1.82, 2.24) is 14.7 Å². The maximum Gasteiger partial charge on any atom is 0.410 e. The second-order valence-corrected chi connectivity index (χ2v) is 8.90. The molecular weight excluding hydrogens is 352 g/mol. The molecule has 2 saturated heterocycles. The largest absolute Gasteiger partial charge is 0.444 e. The molecule has 1 atom stereocenters. The van der Waals surface area contributed by atoms with Gasteiger partial charge in [0.25, 0.3) is 0 Å². The Morgan fingerprint density at radius 1 is 1.14 bits per heavy atom. The number of nitrogens with zero attached hydrogens (tertiary/aromatic N) is 4. The number of amides is 1. The molecule has 0 spiro atoms. The van der Waals surface area contributed by atoms with Crippen LogP contribution in [0.15, 0.2) is 30.3 Å². The van der Waals surface area contributed by atoms with E-state index in [9.17, 15) is 10.1 Å². The van der Waals surface area contributed by atoms with E-state index in [-0.39, 0.29) is 6.09 Å². The Kier molecular flexibility index (Phi) is 6.26. The molecule has 0 radical (unpaired) electrons. The van der Waals surface area contributed by atoms with Gasteiger partial charge in [0.05, 0.1) is 6.07 Å². The van der Waals surface area contributed by atoms with Crippen LogP contribution in [-0.4, -0.2) is 71.2 Å². The van der Waals surface area contributed by atoms with Gasteiger partial charge in [0.2, 0.25) is 0 Å². The molecule has 2 heterocycles. The van der Waals surface area contributed by atoms with Crippen LogP contribution >= 0.6 is 0 Å². The molecule has 1 unspecified atom stereocenters. The first-order valence-corrected chi connectivity index (χ1v) is 10.2. The molecule has 152 valence electrons. The van der Waals surface area contributed by atoms with Gasteiger partial charge in [-0.25, -0.2) is 4.79 Å². The molecule has 3 rings (SSSR count). The third kappa shape index (κ3) is 5.03. The zero-order chi connectivity index (χ0) is 20.2. The van der Waals surface area contributed by atoms with Crippen LogP contribution in [0, 0.1) is 11.3 Å². The van der Waals surface area contributed by atoms with Gasteiger partial charge in [-0.2, -0.15) is 5.26 Å². The fraction of sp³-hybridized carbons (Fsp3) is 0.636. The summed E-state index contributed by atoms with van der Waals surface area (Å²) in [6.45, 7) is 11.0. The molecule has 6 heteroatoms. The minimum Gasteiger partial charge on any atom is -0.444 e. The first kappa shape index (κ1) is 20.6. The second kappa shape index (κ2) is 8.50. The van der Waals surface area contributed by atoms with E-state index in [4.69, 9.17) is 4.74 Å². The van der Waals surface area contributed by atoms with Gasteiger partial charge in [0, 0.05) is 39.3 Å². The Bertz CT molecular complexity index is 701. The smallest absolute Gasteiger partial charge is 0.410 e. The van der Waals surface area contributed by atoms with Gasteiger partial charge in [-0.1, -0.05) is 30.3 Å². The normalized spacial score (nSPS) is 24.6. The van der Waals surface area contributed by atoms with Gasteiger partial charge in [-0.05, 0) is 45.7 Å². The summed E-state index contributed by atoms with van der Waals surface area (Å²) in [6.07, 6.45) is 1.65. The van der Waals surface area contributed by atoms with E-state index in [0.717, 1.165) is 32.5 Å². The van der Waals surface area contributed by atoms with Crippen LogP contribution in [0.1, 0.15) is 39.2 Å². The van der Waals surface area contributed by atoms with E-state index in [1.165, 1.54) is 5.56 Å². The maximum absolute atomic E-state index is 12.3. The zero-order valence-corrected chi connectivity index (χ0v) is 17.4. The highest BCUT2D eigenvalue weighted by Crippen LogP contribution is 2.29. The van der Waals surface area contributed by atoms with Crippen molar-refractivity contribution in [2.45, 2.75) is 51.3 Å². The van der Waals surface area contributed by atoms with E-state index in [0.29, 0.717) is 26.2 Å². The summed E-state index contributed by atoms with van der Waals surface area (Å²) in [4.78, 5) is 18.7. The highest BCUT2D eigenvalue weighted by molar-refractivity contribution is 5.68. The number of hydrogen-bond acceptors (Lipinski definition) is 5. The quantitative estimate of drug-likeness (QED) is 0.801. The average Bonchev–Trinajstić information content (AvgIpc) is 2.68. The maximum atomic E-state index is 12.3. The number of carbonyl (C=O) groups excluding carboxylic acids is 1. The lowest BCUT2D eigenvalue weighted by Crippen LogP contribution is -2.63. The van der Waals surface area contributed by atoms with Gasteiger partial charge >= 0.3 is 6.09 Å². The van der Waals surface area contributed by atoms with E-state index >= 15 is 0 Å². The van der Waals surface area contributed by atoms with Crippen molar-refractivity contribution in [3.63, 3.8) is 0 Å². The summed E-state index contributed by atoms with van der Waals surface area (Å²) in [5.41, 5.74) is 0.335. The molecule has 0 aliphatic carbocycles. The third-order valence-electron chi connectivity index (χ3n) is 5.54. The van der Waals surface area contributed by atoms with Crippen molar-refractivity contribution >= 4 is 6.09 Å². The number of piperidine rings is 1. The molecule has 1 aromatic carbocycles. The lowest BCUT2D eigenvalue weighted by Gasteiger charge is -2.48. The second-order valence-electron chi connectivity index (χ2n) is 8.90. The number of nitriles is 1. The van der Waals surface area contributed by atoms with Crippen LogP contribution in [0.4, 0.5) is 4.79 Å². The lowest BCUT2D eigenvalue weighted by molar-refractivity contribution is -0.00986. The number of piperazine rings is 1. The minimum absolute atomic E-state index is 0.257. The van der Waals surface area contributed by atoms with Crippen LogP contribution in [0.25, 0.3) is 0 Å². The molecule has 0 aromatic heterocycles. The van der Waals surface area contributed by atoms with Crippen molar-refractivity contribution in [2.24, 2.45) is 0 Å². The van der Waals surface area contributed by atoms with Crippen molar-refractivity contribution in [3.05, 3.63) is 35.9 Å². The monoisotopic (exact) mass is 384 g/mol. The summed E-state index contributed by atoms with van der Waals surface area (Å²) >= 11 is 0. The van der Waals surface area contributed by atoms with Crippen molar-refractivity contribution in [1.29, 1.82) is 5.26 Å². The third-order valence-corrected chi connectivity index (χ3v) is 5.54. The summed E-state index contributed by atoms with van der Waals surface area (Å²) < 4.78 is 5.49. The number of benzene rings is 1. The van der Waals surface area contributed by atoms with E-state index in [1.807, 2.05) is 26.8 Å². The van der Waals surface area contributed by atoms with Gasteiger partial charge in [0.15, 0.2) is 0 Å². The molecule has 28 heavy (non-hydrogen) atoms. The van der Waals surface area contributed by atoms with Crippen molar-refractivity contribution in [2.75, 3.05) is 39.3 Å². The molecule has 0 saturated carbocycles. The predicted octanol–water partition coefficient (Wildman–Crippen LogP) is 3.10. The highest BCUT2D eigenvalue weighted by atomic mass is 16.6. The van der Waals surface area contributed by atoms with Gasteiger partial charge < -0.3 is 9.64 Å². The number of hydrogen-bond donors (Lipinski definition) is 0. The van der Waals surface area contributed by atoms with Crippen molar-refractivity contribution < 1.29 is 9.53 Å². The molecule has 2 aliphatic rings. The summed E-state index contributed by atoms with van der Waals surface area (Å²) in [6, 6.07) is 13.1. The van der Waals surface area contributed by atoms with Crippen LogP contribution in [0.3, 0.4) is 0 Å². The predicted molar refractivity (Wildman–Crippen MR) is 109 cm³/mol. The lowest BCUT2D eigenvalue weighted by atomic mass is 9.87. The van der Waals surface area contributed by atoms with Crippen LogP contribution in [0.2, 0.25) is 0 Å². The fourth-order valence-electron chi connectivity index (χ4n) is 4.16. The Labute approximate surface area is 168 Å². The standard InChI is InChI=1S/C22H32N4O2/c1-21(2,3)28-20(27)25-12-14-26(15-13-25)22(17-23)10-7-11-24(18-22)16-19-8-5-4-6-9-19/h4-6,8-9H,7,10-16,18H2,1-3H3. The van der Waals surface area contributed by atoms with Gasteiger partial charge in [0.1, 0.15) is 11.1 Å². The Morgan fingerprint density at radius 3 is 2.43 bits per heavy atom. The SMILES string of the molecule is CC(C)(C)OC(=O)N1CCN(C2(C#N)CCCN(Cc3ccccc3)C2)CC1.